The first-order chi connectivity index (χ1) is 8.21. The van der Waals surface area contributed by atoms with E-state index < -0.39 is 0 Å². The highest BCUT2D eigenvalue weighted by Gasteiger charge is 2.11. The molecule has 0 radical (unpaired) electrons. The third-order valence-electron chi connectivity index (χ3n) is 3.17. The molecule has 0 aliphatic heterocycles. The van der Waals surface area contributed by atoms with Crippen LogP contribution in [0.3, 0.4) is 0 Å². The van der Waals surface area contributed by atoms with Crippen molar-refractivity contribution < 1.29 is 0 Å². The minimum atomic E-state index is 0.751. The maximum Gasteiger partial charge on any atom is 0.0366 e. The van der Waals surface area contributed by atoms with E-state index in [0.717, 1.165) is 24.3 Å². The number of hydrogen-bond acceptors (Lipinski definition) is 1. The molecule has 0 aromatic heterocycles. The molecule has 1 aromatic rings. The van der Waals surface area contributed by atoms with Crippen molar-refractivity contribution in [1.29, 1.82) is 0 Å². The van der Waals surface area contributed by atoms with E-state index in [9.17, 15) is 0 Å². The van der Waals surface area contributed by atoms with Crippen LogP contribution in [-0.2, 0) is 0 Å². The number of halogens is 1. The molecule has 0 amide bonds. The summed E-state index contributed by atoms with van der Waals surface area (Å²) >= 11 is 3.63. The molecule has 2 heteroatoms. The lowest BCUT2D eigenvalue weighted by Gasteiger charge is -2.27. The van der Waals surface area contributed by atoms with Crippen LogP contribution in [0.15, 0.2) is 24.3 Å². The molecule has 1 unspecified atom stereocenters. The number of benzene rings is 1. The van der Waals surface area contributed by atoms with Gasteiger partial charge in [-0.2, -0.15) is 0 Å². The molecule has 0 saturated carbocycles. The summed E-state index contributed by atoms with van der Waals surface area (Å²) in [6.07, 6.45) is 2.56. The zero-order chi connectivity index (χ0) is 12.7. The van der Waals surface area contributed by atoms with Gasteiger partial charge in [0.1, 0.15) is 0 Å². The molecule has 1 rings (SSSR count). The molecule has 0 bridgehead atoms. The lowest BCUT2D eigenvalue weighted by Crippen LogP contribution is -2.30. The van der Waals surface area contributed by atoms with E-state index in [2.05, 4.69) is 65.9 Å². The van der Waals surface area contributed by atoms with E-state index in [-0.39, 0.29) is 0 Å². The van der Waals surface area contributed by atoms with Gasteiger partial charge in [-0.3, -0.25) is 0 Å². The second-order valence-corrected chi connectivity index (χ2v) is 5.33. The summed E-state index contributed by atoms with van der Waals surface area (Å²) in [5, 5.41) is 1.10. The van der Waals surface area contributed by atoms with E-state index in [1.807, 2.05) is 0 Å². The van der Waals surface area contributed by atoms with Crippen LogP contribution in [0.25, 0.3) is 0 Å². The molecule has 1 nitrogen and oxygen atoms in total. The van der Waals surface area contributed by atoms with Gasteiger partial charge in [0.25, 0.3) is 0 Å². The summed E-state index contributed by atoms with van der Waals surface area (Å²) in [5.74, 6) is 0.751. The SMILES string of the molecule is CCCC(CBr)CN(CC)c1ccc(C)cc1. The molecule has 1 atom stereocenters. The minimum absolute atomic E-state index is 0.751. The lowest BCUT2D eigenvalue weighted by atomic mass is 10.1. The molecule has 1 aromatic carbocycles. The van der Waals surface area contributed by atoms with Gasteiger partial charge in [-0.1, -0.05) is 47.0 Å². The Morgan fingerprint density at radius 3 is 2.29 bits per heavy atom. The molecule has 0 aliphatic rings. The van der Waals surface area contributed by atoms with Crippen molar-refractivity contribution in [2.45, 2.75) is 33.6 Å². The van der Waals surface area contributed by atoms with Crippen molar-refractivity contribution in [1.82, 2.24) is 0 Å². The quantitative estimate of drug-likeness (QED) is 0.663. The van der Waals surface area contributed by atoms with Crippen molar-refractivity contribution in [3.05, 3.63) is 29.8 Å². The summed E-state index contributed by atoms with van der Waals surface area (Å²) in [7, 11) is 0. The van der Waals surface area contributed by atoms with Crippen LogP contribution >= 0.6 is 15.9 Å². The fraction of sp³-hybridized carbons (Fsp3) is 0.600. The van der Waals surface area contributed by atoms with Gasteiger partial charge in [-0.15, -0.1) is 0 Å². The number of rotatable bonds is 7. The smallest absolute Gasteiger partial charge is 0.0366 e. The molecular formula is C15H24BrN. The Morgan fingerprint density at radius 1 is 1.18 bits per heavy atom. The fourth-order valence-electron chi connectivity index (χ4n) is 2.11. The van der Waals surface area contributed by atoms with E-state index in [4.69, 9.17) is 0 Å². The molecule has 17 heavy (non-hydrogen) atoms. The Morgan fingerprint density at radius 2 is 1.82 bits per heavy atom. The van der Waals surface area contributed by atoms with Crippen molar-refractivity contribution in [3.63, 3.8) is 0 Å². The monoisotopic (exact) mass is 297 g/mol. The Hall–Kier alpha value is -0.500. The normalized spacial score (nSPS) is 12.5. The molecular weight excluding hydrogens is 274 g/mol. The van der Waals surface area contributed by atoms with Crippen molar-refractivity contribution in [2.24, 2.45) is 5.92 Å². The van der Waals surface area contributed by atoms with Crippen LogP contribution in [0.5, 0.6) is 0 Å². The number of hydrogen-bond donors (Lipinski definition) is 0. The van der Waals surface area contributed by atoms with Gasteiger partial charge in [0.05, 0.1) is 0 Å². The predicted octanol–water partition coefficient (Wildman–Crippen LogP) is 4.63. The average molecular weight is 298 g/mol. The zero-order valence-corrected chi connectivity index (χ0v) is 12.8. The molecule has 0 spiro atoms. The molecule has 96 valence electrons. The highest BCUT2D eigenvalue weighted by molar-refractivity contribution is 9.09. The first kappa shape index (κ1) is 14.6. The third-order valence-corrected chi connectivity index (χ3v) is 4.09. The molecule has 0 fully saturated rings. The second kappa shape index (κ2) is 7.75. The van der Waals surface area contributed by atoms with Gasteiger partial charge < -0.3 is 4.90 Å². The highest BCUT2D eigenvalue weighted by Crippen LogP contribution is 2.19. The number of nitrogens with zero attached hydrogens (tertiary/aromatic N) is 1. The largest absolute Gasteiger partial charge is 0.372 e. The zero-order valence-electron chi connectivity index (χ0n) is 11.2. The van der Waals surface area contributed by atoms with Gasteiger partial charge in [-0.25, -0.2) is 0 Å². The van der Waals surface area contributed by atoms with Crippen LogP contribution in [0.1, 0.15) is 32.3 Å². The summed E-state index contributed by atoms with van der Waals surface area (Å²) in [5.41, 5.74) is 2.68. The summed E-state index contributed by atoms with van der Waals surface area (Å²) < 4.78 is 0. The first-order valence-corrected chi connectivity index (χ1v) is 7.71. The Bertz CT molecular complexity index is 307. The second-order valence-electron chi connectivity index (χ2n) is 4.68. The van der Waals surface area contributed by atoms with Crippen molar-refractivity contribution in [3.8, 4) is 0 Å². The average Bonchev–Trinajstić information content (AvgIpc) is 2.36. The van der Waals surface area contributed by atoms with Gasteiger partial charge in [0.15, 0.2) is 0 Å². The number of anilines is 1. The molecule has 0 saturated heterocycles. The van der Waals surface area contributed by atoms with Gasteiger partial charge in [0.2, 0.25) is 0 Å². The minimum Gasteiger partial charge on any atom is -0.372 e. The van der Waals surface area contributed by atoms with Crippen molar-refractivity contribution >= 4 is 21.6 Å². The Kier molecular flexibility index (Phi) is 6.64. The summed E-state index contributed by atoms with van der Waals surface area (Å²) in [6, 6.07) is 8.86. The van der Waals surface area contributed by atoms with Crippen LogP contribution in [0, 0.1) is 12.8 Å². The predicted molar refractivity (Wildman–Crippen MR) is 81.3 cm³/mol. The highest BCUT2D eigenvalue weighted by atomic mass is 79.9. The fourth-order valence-corrected chi connectivity index (χ4v) is 2.64. The van der Waals surface area contributed by atoms with Crippen LogP contribution < -0.4 is 4.90 Å². The lowest BCUT2D eigenvalue weighted by molar-refractivity contribution is 0.526. The third kappa shape index (κ3) is 4.71. The van der Waals surface area contributed by atoms with Crippen LogP contribution in [0.2, 0.25) is 0 Å². The number of alkyl halides is 1. The van der Waals surface area contributed by atoms with Crippen LogP contribution in [0.4, 0.5) is 5.69 Å². The van der Waals surface area contributed by atoms with E-state index in [1.54, 1.807) is 0 Å². The van der Waals surface area contributed by atoms with E-state index in [0.29, 0.717) is 0 Å². The Balaban J connectivity index is 2.67. The van der Waals surface area contributed by atoms with Gasteiger partial charge in [-0.05, 0) is 38.3 Å². The standard InChI is InChI=1S/C15H24BrN/c1-4-6-14(11-16)12-17(5-2)15-9-7-13(3)8-10-15/h7-10,14H,4-6,11-12H2,1-3H3. The van der Waals surface area contributed by atoms with Gasteiger partial charge >= 0.3 is 0 Å². The summed E-state index contributed by atoms with van der Waals surface area (Å²) in [4.78, 5) is 2.47. The Labute approximate surface area is 114 Å². The van der Waals surface area contributed by atoms with Crippen LogP contribution in [-0.4, -0.2) is 18.4 Å². The summed E-state index contributed by atoms with van der Waals surface area (Å²) in [6.45, 7) is 8.86. The maximum absolute atomic E-state index is 3.63. The molecule has 0 heterocycles. The van der Waals surface area contributed by atoms with E-state index in [1.165, 1.54) is 24.1 Å². The molecule has 0 N–H and O–H groups in total. The molecule has 0 aliphatic carbocycles. The maximum atomic E-state index is 3.63. The van der Waals surface area contributed by atoms with E-state index >= 15 is 0 Å². The first-order valence-electron chi connectivity index (χ1n) is 6.58. The number of aryl methyl sites for hydroxylation is 1. The van der Waals surface area contributed by atoms with Gasteiger partial charge in [0, 0.05) is 24.1 Å². The van der Waals surface area contributed by atoms with Crippen molar-refractivity contribution in [2.75, 3.05) is 23.3 Å². The topological polar surface area (TPSA) is 3.24 Å².